The lowest BCUT2D eigenvalue weighted by Gasteiger charge is -2.15. The number of rotatable bonds is 3. The van der Waals surface area contributed by atoms with Crippen molar-refractivity contribution >= 4 is 43.9 Å². The fourth-order valence-corrected chi connectivity index (χ4v) is 5.91. The molecule has 8 aromatic rings. The molecule has 2 heterocycles. The summed E-state index contributed by atoms with van der Waals surface area (Å²) in [7, 11) is 0. The summed E-state index contributed by atoms with van der Waals surface area (Å²) in [6, 6.07) is 44.6. The highest BCUT2D eigenvalue weighted by atomic mass is 16.3. The van der Waals surface area contributed by atoms with Crippen molar-refractivity contribution in [3.63, 3.8) is 0 Å². The maximum atomic E-state index is 10.5. The second kappa shape index (κ2) is 9.24. The van der Waals surface area contributed by atoms with Gasteiger partial charge in [0.05, 0.1) is 17.2 Å². The number of nitrogens with zero attached hydrogens (tertiary/aromatic N) is 2. The van der Waals surface area contributed by atoms with Crippen molar-refractivity contribution in [3.8, 4) is 45.5 Å². The summed E-state index contributed by atoms with van der Waals surface area (Å²) in [5.74, 6) is 0. The summed E-state index contributed by atoms with van der Waals surface area (Å²) >= 11 is 0. The molecule has 2 aromatic heterocycles. The molecule has 0 aliphatic heterocycles. The molecule has 0 atom stereocenters. The van der Waals surface area contributed by atoms with Crippen LogP contribution in [-0.2, 0) is 0 Å². The number of hydrogen-bond acceptors (Lipinski definition) is 4. The molecule has 0 saturated heterocycles. The van der Waals surface area contributed by atoms with E-state index in [-0.39, 0.29) is 0 Å². The van der Waals surface area contributed by atoms with E-state index in [1.54, 1.807) is 12.1 Å². The van der Waals surface area contributed by atoms with Crippen LogP contribution in [0.2, 0.25) is 0 Å². The van der Waals surface area contributed by atoms with Crippen molar-refractivity contribution in [1.29, 1.82) is 10.5 Å². The van der Waals surface area contributed by atoms with Crippen LogP contribution in [0.5, 0.6) is 0 Å². The van der Waals surface area contributed by atoms with E-state index in [1.807, 2.05) is 66.7 Å². The van der Waals surface area contributed by atoms with Gasteiger partial charge in [-0.05, 0) is 82.9 Å². The number of para-hydroxylation sites is 2. The molecule has 8 rings (SSSR count). The van der Waals surface area contributed by atoms with Crippen LogP contribution in [0.3, 0.4) is 0 Å². The molecule has 42 heavy (non-hydrogen) atoms. The molecule has 0 fully saturated rings. The summed E-state index contributed by atoms with van der Waals surface area (Å²) in [5.41, 5.74) is 9.91. The normalized spacial score (nSPS) is 11.3. The van der Waals surface area contributed by atoms with E-state index in [9.17, 15) is 10.5 Å². The molecule has 6 aromatic carbocycles. The lowest BCUT2D eigenvalue weighted by Crippen LogP contribution is -1.93. The molecule has 0 aliphatic carbocycles. The third-order valence-corrected chi connectivity index (χ3v) is 7.97. The molecule has 0 saturated carbocycles. The molecule has 0 amide bonds. The summed E-state index contributed by atoms with van der Waals surface area (Å²) < 4.78 is 12.2. The molecule has 0 radical (unpaired) electrons. The van der Waals surface area contributed by atoms with Crippen LogP contribution < -0.4 is 0 Å². The Hall–Kier alpha value is -6.10. The largest absolute Gasteiger partial charge is 0.456 e. The van der Waals surface area contributed by atoms with Gasteiger partial charge in [0.15, 0.2) is 0 Å². The first-order chi connectivity index (χ1) is 20.7. The quantitative estimate of drug-likeness (QED) is 0.225. The average Bonchev–Trinajstić information content (AvgIpc) is 3.61. The Kier molecular flexibility index (Phi) is 5.22. The van der Waals surface area contributed by atoms with Gasteiger partial charge in [-0.1, -0.05) is 60.7 Å². The third kappa shape index (κ3) is 3.68. The number of hydrogen-bond donors (Lipinski definition) is 0. The van der Waals surface area contributed by atoms with Crippen molar-refractivity contribution in [3.05, 3.63) is 132 Å². The van der Waals surface area contributed by atoms with E-state index in [1.165, 1.54) is 0 Å². The van der Waals surface area contributed by atoms with Gasteiger partial charge in [-0.15, -0.1) is 0 Å². The highest BCUT2D eigenvalue weighted by Gasteiger charge is 2.18. The van der Waals surface area contributed by atoms with Crippen LogP contribution >= 0.6 is 0 Å². The van der Waals surface area contributed by atoms with E-state index in [2.05, 4.69) is 54.6 Å². The van der Waals surface area contributed by atoms with E-state index in [0.29, 0.717) is 11.1 Å². The summed E-state index contributed by atoms with van der Waals surface area (Å²) in [5, 5.41) is 24.0. The van der Waals surface area contributed by atoms with Crippen molar-refractivity contribution in [1.82, 2.24) is 0 Å². The maximum Gasteiger partial charge on any atom is 0.135 e. The first kappa shape index (κ1) is 23.8. The van der Waals surface area contributed by atoms with Gasteiger partial charge in [0, 0.05) is 32.7 Å². The van der Waals surface area contributed by atoms with Crippen LogP contribution in [0.1, 0.15) is 11.1 Å². The highest BCUT2D eigenvalue weighted by molar-refractivity contribution is 6.08. The van der Waals surface area contributed by atoms with Crippen LogP contribution in [0.25, 0.3) is 77.3 Å². The standard InChI is InChI=1S/C38H20N2O2/c39-21-23-9-11-24(12-10-23)30-19-27(25-13-15-37-32(17-25)28-5-1-3-7-35(28)41-37)20-31(34(30)22-40)26-14-16-38-33(18-26)29-6-2-4-8-36(29)42-38/h1-20H. The molecular formula is C38H20N2O2. The van der Waals surface area contributed by atoms with Crippen molar-refractivity contribution in [2.24, 2.45) is 0 Å². The molecule has 4 nitrogen and oxygen atoms in total. The predicted octanol–water partition coefficient (Wildman–Crippen LogP) is 10.2. The molecular weight excluding hydrogens is 516 g/mol. The van der Waals surface area contributed by atoms with Crippen LogP contribution in [0, 0.1) is 22.7 Å². The summed E-state index contributed by atoms with van der Waals surface area (Å²) in [4.78, 5) is 0. The highest BCUT2D eigenvalue weighted by Crippen LogP contribution is 2.40. The van der Waals surface area contributed by atoms with Crippen molar-refractivity contribution in [2.45, 2.75) is 0 Å². The first-order valence-corrected chi connectivity index (χ1v) is 13.6. The number of nitriles is 2. The van der Waals surface area contributed by atoms with Crippen molar-refractivity contribution < 1.29 is 8.83 Å². The SMILES string of the molecule is N#Cc1ccc(-c2cc(-c3ccc4oc5ccccc5c4c3)cc(-c3ccc4oc5ccccc5c4c3)c2C#N)cc1. The number of furan rings is 2. The van der Waals surface area contributed by atoms with Gasteiger partial charge in [-0.25, -0.2) is 0 Å². The van der Waals surface area contributed by atoms with Crippen LogP contribution in [0.4, 0.5) is 0 Å². The van der Waals surface area contributed by atoms with Gasteiger partial charge >= 0.3 is 0 Å². The maximum absolute atomic E-state index is 10.5. The second-order valence-corrected chi connectivity index (χ2v) is 10.4. The lowest BCUT2D eigenvalue weighted by atomic mass is 9.87. The van der Waals surface area contributed by atoms with Gasteiger partial charge in [-0.2, -0.15) is 10.5 Å². The number of fused-ring (bicyclic) bond motifs is 6. The Morgan fingerprint density at radius 2 is 0.905 bits per heavy atom. The molecule has 0 spiro atoms. The zero-order valence-electron chi connectivity index (χ0n) is 22.3. The fraction of sp³-hybridized carbons (Fsp3) is 0. The van der Waals surface area contributed by atoms with Gasteiger partial charge in [0.2, 0.25) is 0 Å². The van der Waals surface area contributed by atoms with E-state index in [0.717, 1.165) is 77.3 Å². The molecule has 4 heteroatoms. The second-order valence-electron chi connectivity index (χ2n) is 10.4. The summed E-state index contributed by atoms with van der Waals surface area (Å²) in [6.07, 6.45) is 0. The molecule has 0 N–H and O–H groups in total. The van der Waals surface area contributed by atoms with Gasteiger partial charge < -0.3 is 8.83 Å². The minimum atomic E-state index is 0.572. The van der Waals surface area contributed by atoms with Crippen LogP contribution in [-0.4, -0.2) is 0 Å². The Morgan fingerprint density at radius 3 is 1.50 bits per heavy atom. The molecule has 0 unspecified atom stereocenters. The fourth-order valence-electron chi connectivity index (χ4n) is 5.91. The zero-order valence-corrected chi connectivity index (χ0v) is 22.3. The van der Waals surface area contributed by atoms with Gasteiger partial charge in [0.1, 0.15) is 28.4 Å². The smallest absolute Gasteiger partial charge is 0.135 e. The molecule has 0 aliphatic rings. The topological polar surface area (TPSA) is 73.9 Å². The van der Waals surface area contributed by atoms with E-state index >= 15 is 0 Å². The van der Waals surface area contributed by atoms with Crippen molar-refractivity contribution in [2.75, 3.05) is 0 Å². The molecule has 194 valence electrons. The molecule has 0 bridgehead atoms. The minimum Gasteiger partial charge on any atom is -0.456 e. The summed E-state index contributed by atoms with van der Waals surface area (Å²) in [6.45, 7) is 0. The Morgan fingerprint density at radius 1 is 0.405 bits per heavy atom. The van der Waals surface area contributed by atoms with E-state index in [4.69, 9.17) is 8.83 Å². The van der Waals surface area contributed by atoms with Gasteiger partial charge in [0.25, 0.3) is 0 Å². The van der Waals surface area contributed by atoms with Gasteiger partial charge in [-0.3, -0.25) is 0 Å². The number of benzene rings is 6. The zero-order chi connectivity index (χ0) is 28.2. The minimum absolute atomic E-state index is 0.572. The monoisotopic (exact) mass is 536 g/mol. The third-order valence-electron chi connectivity index (χ3n) is 7.97. The Labute approximate surface area is 240 Å². The predicted molar refractivity (Wildman–Crippen MR) is 167 cm³/mol. The van der Waals surface area contributed by atoms with Crippen LogP contribution in [0.15, 0.2) is 130 Å². The average molecular weight is 537 g/mol. The first-order valence-electron chi connectivity index (χ1n) is 13.6. The lowest BCUT2D eigenvalue weighted by molar-refractivity contribution is 0.668. The Balaban J connectivity index is 1.40. The van der Waals surface area contributed by atoms with E-state index < -0.39 is 0 Å². The Bertz CT molecular complexity index is 2430.